The number of rotatable bonds is 2. The molecule has 0 radical (unpaired) electrons. The summed E-state index contributed by atoms with van der Waals surface area (Å²) in [4.78, 5) is 36.1. The van der Waals surface area contributed by atoms with Gasteiger partial charge in [-0.3, -0.25) is 19.4 Å². The molecule has 0 aromatic carbocycles. The Kier molecular flexibility index (Phi) is 7.31. The maximum Gasteiger partial charge on any atom is 0.300 e. The number of nitrogens with zero attached hydrogens (tertiary/aromatic N) is 2. The summed E-state index contributed by atoms with van der Waals surface area (Å²) in [5, 5.41) is 18.1. The third-order valence-electron chi connectivity index (χ3n) is 3.53. The summed E-state index contributed by atoms with van der Waals surface area (Å²) in [6, 6.07) is 3.43. The zero-order valence-corrected chi connectivity index (χ0v) is 14.5. The molecule has 1 amide bonds. The minimum atomic E-state index is -0.833. The summed E-state index contributed by atoms with van der Waals surface area (Å²) in [7, 11) is 1.59. The van der Waals surface area contributed by atoms with Gasteiger partial charge in [-0.2, -0.15) is 0 Å². The van der Waals surface area contributed by atoms with E-state index in [1.807, 2.05) is 4.90 Å². The molecule has 25 heavy (non-hydrogen) atoms. The standard InChI is InChI=1S/C12H15N3O2.2C2H4O2/c1-17-9-2-3-14-10(4-9)11(16)15-7-12(8-15)5-13-6-12;2*1-2(3)4/h2-4,13H,5-8H2,1H3;2*1H3,(H,3,4). The van der Waals surface area contributed by atoms with E-state index in [9.17, 15) is 4.79 Å². The minimum absolute atomic E-state index is 0.00132. The van der Waals surface area contributed by atoms with Gasteiger partial charge in [-0.05, 0) is 6.07 Å². The SMILES string of the molecule is CC(=O)O.CC(=O)O.COc1ccnc(C(=O)N2CC3(CNC3)C2)c1. The van der Waals surface area contributed by atoms with E-state index in [1.54, 1.807) is 25.4 Å². The lowest BCUT2D eigenvalue weighted by Gasteiger charge is -2.55. The molecule has 0 saturated carbocycles. The molecule has 1 aromatic rings. The lowest BCUT2D eigenvalue weighted by atomic mass is 9.74. The van der Waals surface area contributed by atoms with E-state index in [1.165, 1.54) is 0 Å². The van der Waals surface area contributed by atoms with Gasteiger partial charge in [0.1, 0.15) is 11.4 Å². The van der Waals surface area contributed by atoms with Gasteiger partial charge in [-0.15, -0.1) is 0 Å². The number of pyridine rings is 1. The largest absolute Gasteiger partial charge is 0.497 e. The van der Waals surface area contributed by atoms with Crippen LogP contribution in [-0.4, -0.2) is 71.2 Å². The molecule has 1 aromatic heterocycles. The van der Waals surface area contributed by atoms with E-state index in [0.29, 0.717) is 16.9 Å². The number of carbonyl (C=O) groups excluding carboxylic acids is 1. The van der Waals surface area contributed by atoms with Gasteiger partial charge in [-0.1, -0.05) is 0 Å². The van der Waals surface area contributed by atoms with E-state index >= 15 is 0 Å². The van der Waals surface area contributed by atoms with Crippen molar-refractivity contribution in [3.8, 4) is 5.75 Å². The lowest BCUT2D eigenvalue weighted by molar-refractivity contribution is -0.135. The molecule has 0 aliphatic carbocycles. The van der Waals surface area contributed by atoms with Crippen LogP contribution in [0.5, 0.6) is 5.75 Å². The number of hydrogen-bond acceptors (Lipinski definition) is 6. The van der Waals surface area contributed by atoms with E-state index in [-0.39, 0.29) is 5.91 Å². The fourth-order valence-corrected chi connectivity index (χ4v) is 2.43. The predicted molar refractivity (Wildman–Crippen MR) is 88.6 cm³/mol. The average Bonchev–Trinajstić information content (AvgIpc) is 2.43. The van der Waals surface area contributed by atoms with Crippen molar-refractivity contribution in [1.29, 1.82) is 0 Å². The van der Waals surface area contributed by atoms with Crippen LogP contribution in [0.3, 0.4) is 0 Å². The molecular formula is C16H23N3O6. The Morgan fingerprint density at radius 2 is 1.72 bits per heavy atom. The number of carbonyl (C=O) groups is 3. The first-order valence-corrected chi connectivity index (χ1v) is 7.58. The highest BCUT2D eigenvalue weighted by molar-refractivity contribution is 5.93. The lowest BCUT2D eigenvalue weighted by Crippen LogP contribution is -2.71. The highest BCUT2D eigenvalue weighted by atomic mass is 16.5. The third-order valence-corrected chi connectivity index (χ3v) is 3.53. The van der Waals surface area contributed by atoms with Crippen molar-refractivity contribution in [3.63, 3.8) is 0 Å². The second-order valence-electron chi connectivity index (χ2n) is 5.88. The van der Waals surface area contributed by atoms with Gasteiger partial charge in [-0.25, -0.2) is 0 Å². The molecule has 0 unspecified atom stereocenters. The number of aliphatic carboxylic acids is 2. The van der Waals surface area contributed by atoms with Gasteiger partial charge in [0.05, 0.1) is 7.11 Å². The maximum absolute atomic E-state index is 12.1. The van der Waals surface area contributed by atoms with Gasteiger partial charge in [0.15, 0.2) is 0 Å². The van der Waals surface area contributed by atoms with Crippen LogP contribution in [0.25, 0.3) is 0 Å². The number of methoxy groups -OCH3 is 1. The highest BCUT2D eigenvalue weighted by Gasteiger charge is 2.49. The molecule has 138 valence electrons. The Labute approximate surface area is 145 Å². The van der Waals surface area contributed by atoms with Crippen LogP contribution in [0.1, 0.15) is 24.3 Å². The fraction of sp³-hybridized carbons (Fsp3) is 0.500. The molecule has 9 heteroatoms. The van der Waals surface area contributed by atoms with Crippen molar-refractivity contribution >= 4 is 17.8 Å². The van der Waals surface area contributed by atoms with Crippen molar-refractivity contribution in [2.75, 3.05) is 33.3 Å². The van der Waals surface area contributed by atoms with Gasteiger partial charge in [0.25, 0.3) is 17.8 Å². The molecule has 1 spiro atoms. The minimum Gasteiger partial charge on any atom is -0.497 e. The molecule has 3 rings (SSSR count). The molecule has 0 bridgehead atoms. The zero-order chi connectivity index (χ0) is 19.0. The third kappa shape index (κ3) is 6.38. The van der Waals surface area contributed by atoms with Crippen LogP contribution in [0.4, 0.5) is 0 Å². The molecule has 2 aliphatic heterocycles. The second-order valence-corrected chi connectivity index (χ2v) is 5.88. The molecular weight excluding hydrogens is 330 g/mol. The normalized spacial score (nSPS) is 16.0. The number of likely N-dealkylation sites (tertiary alicyclic amines) is 1. The maximum atomic E-state index is 12.1. The summed E-state index contributed by atoms with van der Waals surface area (Å²) in [5.41, 5.74) is 0.820. The smallest absolute Gasteiger partial charge is 0.300 e. The summed E-state index contributed by atoms with van der Waals surface area (Å²) in [6.45, 7) is 5.92. The van der Waals surface area contributed by atoms with Crippen molar-refractivity contribution in [2.45, 2.75) is 13.8 Å². The molecule has 2 saturated heterocycles. The molecule has 9 nitrogen and oxygen atoms in total. The first-order chi connectivity index (χ1) is 11.7. The second kappa shape index (κ2) is 8.97. The molecule has 3 N–H and O–H groups in total. The van der Waals surface area contributed by atoms with Gasteiger partial charge < -0.3 is 25.2 Å². The fourth-order valence-electron chi connectivity index (χ4n) is 2.43. The number of hydrogen-bond donors (Lipinski definition) is 3. The summed E-state index contributed by atoms with van der Waals surface area (Å²) < 4.78 is 5.09. The highest BCUT2D eigenvalue weighted by Crippen LogP contribution is 2.34. The van der Waals surface area contributed by atoms with Crippen LogP contribution >= 0.6 is 0 Å². The van der Waals surface area contributed by atoms with Crippen LogP contribution in [-0.2, 0) is 9.59 Å². The number of carboxylic acids is 2. The Balaban J connectivity index is 0.000000333. The number of amides is 1. The van der Waals surface area contributed by atoms with Crippen molar-refractivity contribution in [3.05, 3.63) is 24.0 Å². The topological polar surface area (TPSA) is 129 Å². The number of aromatic nitrogens is 1. The van der Waals surface area contributed by atoms with E-state index in [0.717, 1.165) is 40.0 Å². The quantitative estimate of drug-likeness (QED) is 0.693. The summed E-state index contributed by atoms with van der Waals surface area (Å²) in [6.07, 6.45) is 1.60. The van der Waals surface area contributed by atoms with Crippen LogP contribution < -0.4 is 10.1 Å². The summed E-state index contributed by atoms with van der Waals surface area (Å²) in [5.74, 6) is -0.995. The van der Waals surface area contributed by atoms with Crippen molar-refractivity contribution in [1.82, 2.24) is 15.2 Å². The number of nitrogens with one attached hydrogen (secondary N) is 1. The first kappa shape index (κ1) is 20.4. The Morgan fingerprint density at radius 3 is 2.12 bits per heavy atom. The number of carboxylic acid groups (broad SMARTS) is 2. The van der Waals surface area contributed by atoms with Crippen LogP contribution in [0.15, 0.2) is 18.3 Å². The van der Waals surface area contributed by atoms with Gasteiger partial charge >= 0.3 is 0 Å². The van der Waals surface area contributed by atoms with E-state index < -0.39 is 11.9 Å². The van der Waals surface area contributed by atoms with Crippen molar-refractivity contribution in [2.24, 2.45) is 5.41 Å². The Hall–Kier alpha value is -2.68. The molecule has 2 aliphatic rings. The van der Waals surface area contributed by atoms with Gasteiger partial charge in [0, 0.05) is 57.7 Å². The van der Waals surface area contributed by atoms with E-state index in [2.05, 4.69) is 10.3 Å². The van der Waals surface area contributed by atoms with Gasteiger partial charge in [0.2, 0.25) is 0 Å². The zero-order valence-electron chi connectivity index (χ0n) is 14.5. The van der Waals surface area contributed by atoms with Crippen LogP contribution in [0, 0.1) is 5.41 Å². The van der Waals surface area contributed by atoms with Crippen LogP contribution in [0.2, 0.25) is 0 Å². The molecule has 2 fully saturated rings. The van der Waals surface area contributed by atoms with E-state index in [4.69, 9.17) is 24.5 Å². The first-order valence-electron chi connectivity index (χ1n) is 7.58. The predicted octanol–water partition coefficient (Wildman–Crippen LogP) is 0.317. The van der Waals surface area contributed by atoms with Crippen molar-refractivity contribution < 1.29 is 29.3 Å². The molecule has 3 heterocycles. The monoisotopic (exact) mass is 353 g/mol. The Morgan fingerprint density at radius 1 is 1.20 bits per heavy atom. The number of ether oxygens (including phenoxy) is 1. The Bertz CT molecular complexity index is 602. The summed E-state index contributed by atoms with van der Waals surface area (Å²) >= 11 is 0. The average molecular weight is 353 g/mol. The molecule has 0 atom stereocenters.